The smallest absolute Gasteiger partial charge is 0.264 e. The molecule has 8 nitrogen and oxygen atoms in total. The Labute approximate surface area is 283 Å². The Morgan fingerprint density at radius 2 is 1.55 bits per heavy atom. The van der Waals surface area contributed by atoms with Crippen LogP contribution in [0.1, 0.15) is 43.4 Å². The summed E-state index contributed by atoms with van der Waals surface area (Å²) in [6, 6.07) is 28.7. The van der Waals surface area contributed by atoms with Crippen molar-refractivity contribution >= 4 is 39.1 Å². The van der Waals surface area contributed by atoms with E-state index in [0.29, 0.717) is 23.9 Å². The Hall–Kier alpha value is -4.34. The second kappa shape index (κ2) is 17.0. The number of carbonyl (C=O) groups excluding carboxylic acids is 2. The van der Waals surface area contributed by atoms with Crippen LogP contribution in [0.3, 0.4) is 0 Å². The molecule has 248 valence electrons. The van der Waals surface area contributed by atoms with Crippen LogP contribution in [0.15, 0.2) is 108 Å². The summed E-state index contributed by atoms with van der Waals surface area (Å²) in [5.74, 6) is -0.250. The van der Waals surface area contributed by atoms with Crippen LogP contribution in [-0.4, -0.2) is 50.9 Å². The number of amides is 2. The van der Waals surface area contributed by atoms with E-state index in [2.05, 4.69) is 5.32 Å². The maximum atomic E-state index is 14.6. The van der Waals surface area contributed by atoms with E-state index in [0.717, 1.165) is 33.8 Å². The van der Waals surface area contributed by atoms with Crippen molar-refractivity contribution in [1.29, 1.82) is 0 Å². The fourth-order valence-corrected chi connectivity index (χ4v) is 6.75. The van der Waals surface area contributed by atoms with Gasteiger partial charge in [0.2, 0.25) is 11.8 Å². The van der Waals surface area contributed by atoms with Crippen LogP contribution >= 0.6 is 11.6 Å². The predicted octanol–water partition coefficient (Wildman–Crippen LogP) is 6.80. The van der Waals surface area contributed by atoms with E-state index in [9.17, 15) is 18.0 Å². The van der Waals surface area contributed by atoms with Gasteiger partial charge in [0.1, 0.15) is 18.3 Å². The van der Waals surface area contributed by atoms with Gasteiger partial charge in [-0.25, -0.2) is 8.42 Å². The number of carbonyl (C=O) groups is 2. The third-order valence-corrected chi connectivity index (χ3v) is 9.69. The van der Waals surface area contributed by atoms with Crippen LogP contribution in [0.2, 0.25) is 5.02 Å². The first-order valence-electron chi connectivity index (χ1n) is 15.8. The molecule has 47 heavy (non-hydrogen) atoms. The number of nitrogens with one attached hydrogen (secondary N) is 1. The van der Waals surface area contributed by atoms with Crippen LogP contribution in [0.5, 0.6) is 5.75 Å². The van der Waals surface area contributed by atoms with Gasteiger partial charge in [-0.1, -0.05) is 85.1 Å². The fourth-order valence-electron chi connectivity index (χ4n) is 5.21. The van der Waals surface area contributed by atoms with Crippen molar-refractivity contribution in [2.45, 2.75) is 57.5 Å². The van der Waals surface area contributed by atoms with E-state index in [4.69, 9.17) is 16.3 Å². The molecule has 0 aliphatic carbocycles. The Balaban J connectivity index is 1.79. The van der Waals surface area contributed by atoms with E-state index >= 15 is 0 Å². The molecule has 0 aliphatic rings. The summed E-state index contributed by atoms with van der Waals surface area (Å²) in [6.07, 6.45) is 1.94. The normalized spacial score (nSPS) is 11.8. The summed E-state index contributed by atoms with van der Waals surface area (Å²) in [5, 5.41) is 3.39. The molecule has 0 saturated carbocycles. The first-order chi connectivity index (χ1) is 22.6. The van der Waals surface area contributed by atoms with Gasteiger partial charge < -0.3 is 15.0 Å². The van der Waals surface area contributed by atoms with Gasteiger partial charge in [-0.05, 0) is 79.9 Å². The largest absolute Gasteiger partial charge is 0.494 e. The molecule has 10 heteroatoms. The van der Waals surface area contributed by atoms with Gasteiger partial charge in [-0.2, -0.15) is 0 Å². The zero-order chi connectivity index (χ0) is 33.8. The molecular formula is C37H42ClN3O5S. The molecule has 4 rings (SSSR count). The zero-order valence-electron chi connectivity index (χ0n) is 27.1. The summed E-state index contributed by atoms with van der Waals surface area (Å²) >= 11 is 6.07. The Morgan fingerprint density at radius 1 is 0.872 bits per heavy atom. The van der Waals surface area contributed by atoms with Gasteiger partial charge in [-0.3, -0.25) is 13.9 Å². The molecule has 0 spiro atoms. The van der Waals surface area contributed by atoms with Crippen LogP contribution in [0.4, 0.5) is 5.69 Å². The van der Waals surface area contributed by atoms with Crippen LogP contribution in [-0.2, 0) is 32.6 Å². The Morgan fingerprint density at radius 3 is 2.19 bits per heavy atom. The quantitative estimate of drug-likeness (QED) is 0.132. The van der Waals surface area contributed by atoms with Gasteiger partial charge in [-0.15, -0.1) is 0 Å². The van der Waals surface area contributed by atoms with Crippen molar-refractivity contribution in [3.63, 3.8) is 0 Å². The highest BCUT2D eigenvalue weighted by Gasteiger charge is 2.34. The van der Waals surface area contributed by atoms with Crippen molar-refractivity contribution in [1.82, 2.24) is 10.2 Å². The predicted molar refractivity (Wildman–Crippen MR) is 187 cm³/mol. The van der Waals surface area contributed by atoms with Crippen molar-refractivity contribution in [3.05, 3.63) is 125 Å². The average molecular weight is 676 g/mol. The summed E-state index contributed by atoms with van der Waals surface area (Å²) in [4.78, 5) is 29.9. The molecule has 4 aromatic rings. The van der Waals surface area contributed by atoms with E-state index in [1.54, 1.807) is 24.3 Å². The topological polar surface area (TPSA) is 96.0 Å². The van der Waals surface area contributed by atoms with Gasteiger partial charge in [0.15, 0.2) is 0 Å². The molecule has 0 unspecified atom stereocenters. The van der Waals surface area contributed by atoms with Crippen molar-refractivity contribution < 1.29 is 22.7 Å². The average Bonchev–Trinajstić information content (AvgIpc) is 3.06. The molecule has 0 bridgehead atoms. The number of hydrogen-bond acceptors (Lipinski definition) is 5. The first kappa shape index (κ1) is 35.5. The lowest BCUT2D eigenvalue weighted by Crippen LogP contribution is -2.53. The highest BCUT2D eigenvalue weighted by Crippen LogP contribution is 2.28. The molecule has 0 saturated heterocycles. The Bertz CT molecular complexity index is 1720. The van der Waals surface area contributed by atoms with E-state index in [1.165, 1.54) is 29.2 Å². The number of unbranched alkanes of at least 4 members (excludes halogenated alkanes) is 1. The lowest BCUT2D eigenvalue weighted by Gasteiger charge is -2.34. The number of aryl methyl sites for hydroxylation is 1. The molecule has 0 fully saturated rings. The van der Waals surface area contributed by atoms with E-state index in [-0.39, 0.29) is 29.5 Å². The molecule has 0 aromatic heterocycles. The third-order valence-electron chi connectivity index (χ3n) is 7.65. The number of halogens is 1. The highest BCUT2D eigenvalue weighted by atomic mass is 35.5. The van der Waals surface area contributed by atoms with Crippen LogP contribution in [0, 0.1) is 6.92 Å². The molecular weight excluding hydrogens is 634 g/mol. The van der Waals surface area contributed by atoms with Crippen LogP contribution < -0.4 is 14.4 Å². The number of anilines is 1. The number of hydrogen-bond donors (Lipinski definition) is 1. The summed E-state index contributed by atoms with van der Waals surface area (Å²) in [7, 11) is -4.24. The molecule has 2 amide bonds. The van der Waals surface area contributed by atoms with Crippen molar-refractivity contribution in [2.24, 2.45) is 0 Å². The summed E-state index contributed by atoms with van der Waals surface area (Å²) < 4.78 is 35.0. The lowest BCUT2D eigenvalue weighted by molar-refractivity contribution is -0.140. The minimum absolute atomic E-state index is 0.0213. The summed E-state index contributed by atoms with van der Waals surface area (Å²) in [6.45, 7) is 6.34. The van der Waals surface area contributed by atoms with Gasteiger partial charge >= 0.3 is 0 Å². The minimum Gasteiger partial charge on any atom is -0.494 e. The molecule has 0 heterocycles. The molecule has 4 aromatic carbocycles. The highest BCUT2D eigenvalue weighted by molar-refractivity contribution is 7.92. The van der Waals surface area contributed by atoms with Crippen molar-refractivity contribution in [3.8, 4) is 5.75 Å². The number of nitrogens with zero attached hydrogens (tertiary/aromatic N) is 2. The number of sulfonamides is 1. The fraction of sp³-hybridized carbons (Fsp3) is 0.297. The molecule has 0 radical (unpaired) electrons. The van der Waals surface area contributed by atoms with Crippen LogP contribution in [0.25, 0.3) is 0 Å². The SMILES string of the molecule is CCCCNC(=O)[C@H](Cc1ccccc1)N(Cc1cccc(C)c1)C(=O)CN(c1ccc(OCC)cc1)S(=O)(=O)c1ccc(Cl)cc1. The minimum atomic E-state index is -4.24. The standard InChI is InChI=1S/C37H42ClN3O5S/c1-4-6-23-39-37(43)35(25-29-12-8-7-9-13-29)40(26-30-14-10-11-28(3)24-30)36(42)27-41(32-17-19-33(20-18-32)46-5-2)47(44,45)34-21-15-31(38)16-22-34/h7-22,24,35H,4-6,23,25-27H2,1-3H3,(H,39,43)/t35-/m0/s1. The molecule has 0 aliphatic heterocycles. The number of rotatable bonds is 16. The Kier molecular flexibility index (Phi) is 12.8. The van der Waals surface area contributed by atoms with Gasteiger partial charge in [0.05, 0.1) is 17.2 Å². The van der Waals surface area contributed by atoms with Gasteiger partial charge in [0.25, 0.3) is 10.0 Å². The van der Waals surface area contributed by atoms with Gasteiger partial charge in [0, 0.05) is 24.5 Å². The second-order valence-corrected chi connectivity index (χ2v) is 13.6. The van der Waals surface area contributed by atoms with E-state index < -0.39 is 28.5 Å². The second-order valence-electron chi connectivity index (χ2n) is 11.3. The number of benzene rings is 4. The first-order valence-corrected chi connectivity index (χ1v) is 17.6. The maximum Gasteiger partial charge on any atom is 0.264 e. The molecule has 1 N–H and O–H groups in total. The third kappa shape index (κ3) is 9.83. The lowest BCUT2D eigenvalue weighted by atomic mass is 10.0. The monoisotopic (exact) mass is 675 g/mol. The molecule has 1 atom stereocenters. The summed E-state index contributed by atoms with van der Waals surface area (Å²) in [5.41, 5.74) is 2.98. The van der Waals surface area contributed by atoms with Crippen molar-refractivity contribution in [2.75, 3.05) is 24.0 Å². The zero-order valence-corrected chi connectivity index (χ0v) is 28.6. The van der Waals surface area contributed by atoms with E-state index in [1.807, 2.05) is 75.4 Å². The maximum absolute atomic E-state index is 14.6. The number of ether oxygens (including phenoxy) is 1.